The topological polar surface area (TPSA) is 43.4 Å². The Bertz CT molecular complexity index is 453. The van der Waals surface area contributed by atoms with Crippen LogP contribution in [0.2, 0.25) is 0 Å². The molecule has 1 heterocycles. The van der Waals surface area contributed by atoms with Crippen LogP contribution in [-0.2, 0) is 15.7 Å². The van der Waals surface area contributed by atoms with Gasteiger partial charge < -0.3 is 4.74 Å². The van der Waals surface area contributed by atoms with Gasteiger partial charge in [-0.15, -0.1) is 11.6 Å². The average Bonchev–Trinajstić information content (AvgIpc) is 2.59. The molecule has 88 valence electrons. The van der Waals surface area contributed by atoms with E-state index in [1.54, 1.807) is 0 Å². The van der Waals surface area contributed by atoms with Crippen molar-refractivity contribution in [2.75, 3.05) is 11.5 Å². The zero-order valence-corrected chi connectivity index (χ0v) is 10.3. The van der Waals surface area contributed by atoms with E-state index in [-0.39, 0.29) is 17.6 Å². The van der Waals surface area contributed by atoms with Crippen molar-refractivity contribution in [1.82, 2.24) is 0 Å². The number of benzene rings is 1. The SMILES string of the molecule is O=S1(=O)CCC(Oc2ccc(CCl)cc2)C1. The van der Waals surface area contributed by atoms with Gasteiger partial charge in [-0.25, -0.2) is 8.42 Å². The Balaban J connectivity index is 1.99. The lowest BCUT2D eigenvalue weighted by Gasteiger charge is -2.11. The molecule has 0 N–H and O–H groups in total. The molecule has 0 bridgehead atoms. The van der Waals surface area contributed by atoms with Crippen molar-refractivity contribution < 1.29 is 13.2 Å². The predicted octanol–water partition coefficient (Wildman–Crippen LogP) is 1.99. The van der Waals surface area contributed by atoms with Gasteiger partial charge in [-0.1, -0.05) is 12.1 Å². The summed E-state index contributed by atoms with van der Waals surface area (Å²) in [5.41, 5.74) is 1.02. The molecule has 16 heavy (non-hydrogen) atoms. The van der Waals surface area contributed by atoms with Gasteiger partial charge in [0.25, 0.3) is 0 Å². The van der Waals surface area contributed by atoms with E-state index in [9.17, 15) is 8.42 Å². The Morgan fingerprint density at radius 3 is 2.50 bits per heavy atom. The van der Waals surface area contributed by atoms with E-state index in [0.29, 0.717) is 18.1 Å². The molecule has 0 saturated carbocycles. The summed E-state index contributed by atoms with van der Waals surface area (Å²) in [5, 5.41) is 0. The van der Waals surface area contributed by atoms with Gasteiger partial charge in [0.2, 0.25) is 0 Å². The van der Waals surface area contributed by atoms with Gasteiger partial charge in [-0.2, -0.15) is 0 Å². The molecule has 1 atom stereocenters. The first-order chi connectivity index (χ1) is 7.59. The highest BCUT2D eigenvalue weighted by atomic mass is 35.5. The first-order valence-corrected chi connectivity index (χ1v) is 7.47. The minimum absolute atomic E-state index is 0.129. The lowest BCUT2D eigenvalue weighted by Crippen LogP contribution is -2.17. The first kappa shape index (κ1) is 11.7. The van der Waals surface area contributed by atoms with Gasteiger partial charge in [-0.3, -0.25) is 0 Å². The van der Waals surface area contributed by atoms with Crippen molar-refractivity contribution >= 4 is 21.4 Å². The monoisotopic (exact) mass is 260 g/mol. The highest BCUT2D eigenvalue weighted by molar-refractivity contribution is 7.91. The lowest BCUT2D eigenvalue weighted by molar-refractivity contribution is 0.229. The minimum Gasteiger partial charge on any atom is -0.489 e. The third-order valence-electron chi connectivity index (χ3n) is 2.57. The highest BCUT2D eigenvalue weighted by Gasteiger charge is 2.29. The second-order valence-corrected chi connectivity index (χ2v) is 6.42. The van der Waals surface area contributed by atoms with Gasteiger partial charge in [0.05, 0.1) is 11.5 Å². The van der Waals surface area contributed by atoms with Crippen LogP contribution in [0, 0.1) is 0 Å². The van der Waals surface area contributed by atoms with Gasteiger partial charge in [-0.05, 0) is 24.1 Å². The number of rotatable bonds is 3. The maximum Gasteiger partial charge on any atom is 0.154 e. The first-order valence-electron chi connectivity index (χ1n) is 5.11. The molecule has 0 radical (unpaired) electrons. The zero-order valence-electron chi connectivity index (χ0n) is 8.73. The molecule has 1 unspecified atom stereocenters. The molecule has 1 aliphatic heterocycles. The Labute approximate surface area is 100 Å². The quantitative estimate of drug-likeness (QED) is 0.781. The van der Waals surface area contributed by atoms with E-state index in [4.69, 9.17) is 16.3 Å². The zero-order chi connectivity index (χ0) is 11.6. The molecule has 1 aliphatic rings. The standard InChI is InChI=1S/C11H13ClO3S/c12-7-9-1-3-10(4-2-9)15-11-5-6-16(13,14)8-11/h1-4,11H,5-8H2. The molecule has 0 amide bonds. The van der Waals surface area contributed by atoms with Crippen molar-refractivity contribution in [3.63, 3.8) is 0 Å². The number of alkyl halides is 1. The molecule has 0 spiro atoms. The van der Waals surface area contributed by atoms with Crippen LogP contribution in [-0.4, -0.2) is 26.0 Å². The highest BCUT2D eigenvalue weighted by Crippen LogP contribution is 2.20. The summed E-state index contributed by atoms with van der Waals surface area (Å²) >= 11 is 5.67. The van der Waals surface area contributed by atoms with Gasteiger partial charge in [0.1, 0.15) is 11.9 Å². The number of sulfone groups is 1. The van der Waals surface area contributed by atoms with Gasteiger partial charge in [0, 0.05) is 5.88 Å². The van der Waals surface area contributed by atoms with E-state index in [1.807, 2.05) is 24.3 Å². The van der Waals surface area contributed by atoms with Gasteiger partial charge >= 0.3 is 0 Å². The Kier molecular flexibility index (Phi) is 3.40. The Morgan fingerprint density at radius 2 is 2.00 bits per heavy atom. The van der Waals surface area contributed by atoms with Crippen LogP contribution in [0.15, 0.2) is 24.3 Å². The van der Waals surface area contributed by atoms with Crippen LogP contribution in [0.25, 0.3) is 0 Å². The van der Waals surface area contributed by atoms with E-state index < -0.39 is 9.84 Å². The molecule has 0 aliphatic carbocycles. The average molecular weight is 261 g/mol. The normalized spacial score (nSPS) is 23.2. The number of hydrogen-bond acceptors (Lipinski definition) is 3. The second-order valence-electron chi connectivity index (χ2n) is 3.92. The van der Waals surface area contributed by atoms with E-state index in [1.165, 1.54) is 0 Å². The number of halogens is 1. The molecule has 1 aromatic carbocycles. The lowest BCUT2D eigenvalue weighted by atomic mass is 10.2. The van der Waals surface area contributed by atoms with Crippen LogP contribution in [0.4, 0.5) is 0 Å². The number of ether oxygens (including phenoxy) is 1. The summed E-state index contributed by atoms with van der Waals surface area (Å²) in [5.74, 6) is 1.54. The molecule has 1 fully saturated rings. The molecular formula is C11H13ClO3S. The fourth-order valence-corrected chi connectivity index (χ4v) is 3.47. The maximum absolute atomic E-state index is 11.2. The summed E-state index contributed by atoms with van der Waals surface area (Å²) in [7, 11) is -2.87. The van der Waals surface area contributed by atoms with Crippen molar-refractivity contribution in [3.05, 3.63) is 29.8 Å². The molecule has 3 nitrogen and oxygen atoms in total. The van der Waals surface area contributed by atoms with E-state index >= 15 is 0 Å². The molecule has 2 rings (SSSR count). The fourth-order valence-electron chi connectivity index (χ4n) is 1.70. The minimum atomic E-state index is -2.87. The summed E-state index contributed by atoms with van der Waals surface area (Å²) < 4.78 is 28.1. The maximum atomic E-state index is 11.2. The Hall–Kier alpha value is -0.740. The number of hydrogen-bond donors (Lipinski definition) is 0. The second kappa shape index (κ2) is 4.63. The molecule has 0 aromatic heterocycles. The van der Waals surface area contributed by atoms with Gasteiger partial charge in [0.15, 0.2) is 9.84 Å². The van der Waals surface area contributed by atoms with E-state index in [0.717, 1.165) is 5.56 Å². The van der Waals surface area contributed by atoms with Crippen molar-refractivity contribution in [2.24, 2.45) is 0 Å². The third-order valence-corrected chi connectivity index (χ3v) is 4.62. The van der Waals surface area contributed by atoms with Crippen LogP contribution in [0.1, 0.15) is 12.0 Å². The third kappa shape index (κ3) is 2.89. The van der Waals surface area contributed by atoms with Crippen LogP contribution >= 0.6 is 11.6 Å². The van der Waals surface area contributed by atoms with Crippen LogP contribution < -0.4 is 4.74 Å². The summed E-state index contributed by atoms with van der Waals surface area (Å²) in [6, 6.07) is 7.41. The molecular weight excluding hydrogens is 248 g/mol. The Morgan fingerprint density at radius 1 is 1.31 bits per heavy atom. The molecule has 1 aromatic rings. The van der Waals surface area contributed by atoms with Crippen molar-refractivity contribution in [2.45, 2.75) is 18.4 Å². The van der Waals surface area contributed by atoms with Crippen LogP contribution in [0.5, 0.6) is 5.75 Å². The molecule has 1 saturated heterocycles. The summed E-state index contributed by atoms with van der Waals surface area (Å²) in [4.78, 5) is 0. The van der Waals surface area contributed by atoms with E-state index in [2.05, 4.69) is 0 Å². The van der Waals surface area contributed by atoms with Crippen molar-refractivity contribution in [3.8, 4) is 5.75 Å². The summed E-state index contributed by atoms with van der Waals surface area (Å²) in [6.45, 7) is 0. The van der Waals surface area contributed by atoms with Crippen LogP contribution in [0.3, 0.4) is 0 Å². The molecule has 5 heteroatoms. The summed E-state index contributed by atoms with van der Waals surface area (Å²) in [6.07, 6.45) is 0.381. The predicted molar refractivity (Wildman–Crippen MR) is 63.7 cm³/mol. The van der Waals surface area contributed by atoms with Crippen molar-refractivity contribution in [1.29, 1.82) is 0 Å². The largest absolute Gasteiger partial charge is 0.489 e. The fraction of sp³-hybridized carbons (Fsp3) is 0.455. The smallest absolute Gasteiger partial charge is 0.154 e.